The van der Waals surface area contributed by atoms with E-state index in [9.17, 15) is 4.79 Å². The SMILES string of the molecule is CC1(C)c2ccccc2N(c2ccccc2)c2ccc3cc(C=C4Oc5ccc(Cl)cc5C4=O)ccc3c21. The van der Waals surface area contributed by atoms with Crippen molar-refractivity contribution in [3.63, 3.8) is 0 Å². The number of carbonyl (C=O) groups is 1. The Hall–Kier alpha value is -4.34. The van der Waals surface area contributed by atoms with E-state index in [0.29, 0.717) is 22.1 Å². The molecule has 0 fully saturated rings. The number of anilines is 3. The van der Waals surface area contributed by atoms with E-state index in [1.807, 2.05) is 12.1 Å². The van der Waals surface area contributed by atoms with Crippen molar-refractivity contribution in [2.24, 2.45) is 0 Å². The van der Waals surface area contributed by atoms with Crippen LogP contribution in [0.1, 0.15) is 40.9 Å². The van der Waals surface area contributed by atoms with Gasteiger partial charge < -0.3 is 9.64 Å². The molecule has 5 aromatic carbocycles. The average Bonchev–Trinajstić information content (AvgIpc) is 3.23. The normalized spacial score (nSPS) is 16.2. The molecule has 0 radical (unpaired) electrons. The van der Waals surface area contributed by atoms with Gasteiger partial charge >= 0.3 is 0 Å². The van der Waals surface area contributed by atoms with Crippen LogP contribution in [0.25, 0.3) is 16.8 Å². The third-order valence-electron chi connectivity index (χ3n) is 7.65. The fraction of sp³-hybridized carbons (Fsp3) is 0.0882. The van der Waals surface area contributed by atoms with Gasteiger partial charge in [-0.15, -0.1) is 0 Å². The maximum Gasteiger partial charge on any atom is 0.232 e. The van der Waals surface area contributed by atoms with E-state index in [2.05, 4.69) is 97.6 Å². The molecule has 7 rings (SSSR count). The standard InChI is InChI=1S/C34H24ClNO2/c1-34(2)27-10-6-7-11-28(27)36(24-8-4-3-5-9-24)29-16-13-22-18-21(12-15-25(22)32(29)34)19-31-33(37)26-20-23(35)14-17-30(26)38-31/h3-20H,1-2H3. The van der Waals surface area contributed by atoms with Crippen molar-refractivity contribution in [3.8, 4) is 5.75 Å². The molecule has 3 nitrogen and oxygen atoms in total. The molecule has 2 heterocycles. The number of hydrogen-bond donors (Lipinski definition) is 0. The van der Waals surface area contributed by atoms with Gasteiger partial charge in [-0.05, 0) is 82.1 Å². The number of hydrogen-bond acceptors (Lipinski definition) is 3. The van der Waals surface area contributed by atoms with Gasteiger partial charge in [0.1, 0.15) is 5.75 Å². The van der Waals surface area contributed by atoms with Crippen LogP contribution in [0.2, 0.25) is 5.02 Å². The van der Waals surface area contributed by atoms with E-state index >= 15 is 0 Å². The first-order valence-electron chi connectivity index (χ1n) is 12.7. The minimum Gasteiger partial charge on any atom is -0.452 e. The summed E-state index contributed by atoms with van der Waals surface area (Å²) >= 11 is 6.09. The van der Waals surface area contributed by atoms with E-state index in [1.54, 1.807) is 18.2 Å². The number of halogens is 1. The highest BCUT2D eigenvalue weighted by Gasteiger charge is 2.38. The summed E-state index contributed by atoms with van der Waals surface area (Å²) in [6.07, 6.45) is 1.81. The molecule has 0 saturated carbocycles. The van der Waals surface area contributed by atoms with Crippen molar-refractivity contribution >= 4 is 51.3 Å². The minimum absolute atomic E-state index is 0.149. The van der Waals surface area contributed by atoms with Crippen LogP contribution < -0.4 is 9.64 Å². The summed E-state index contributed by atoms with van der Waals surface area (Å²) in [6, 6.07) is 35.0. The maximum absolute atomic E-state index is 12.9. The second kappa shape index (κ2) is 8.34. The first-order chi connectivity index (χ1) is 18.4. The second-order valence-corrected chi connectivity index (χ2v) is 10.8. The van der Waals surface area contributed by atoms with Crippen molar-refractivity contribution in [3.05, 3.63) is 136 Å². The average molecular weight is 514 g/mol. The Bertz CT molecular complexity index is 1800. The molecule has 2 aliphatic heterocycles. The molecule has 0 unspecified atom stereocenters. The zero-order chi connectivity index (χ0) is 26.0. The maximum atomic E-state index is 12.9. The Morgan fingerprint density at radius 3 is 2.45 bits per heavy atom. The van der Waals surface area contributed by atoms with Gasteiger partial charge in [-0.25, -0.2) is 0 Å². The lowest BCUT2D eigenvalue weighted by Crippen LogP contribution is -2.30. The summed E-state index contributed by atoms with van der Waals surface area (Å²) in [5.74, 6) is 0.704. The Labute approximate surface area is 226 Å². The van der Waals surface area contributed by atoms with Gasteiger partial charge in [0, 0.05) is 16.1 Å². The zero-order valence-corrected chi connectivity index (χ0v) is 21.8. The molecule has 2 aliphatic rings. The predicted molar refractivity (Wildman–Crippen MR) is 155 cm³/mol. The molecular weight excluding hydrogens is 490 g/mol. The number of Topliss-reactive ketones (excluding diaryl/α,β-unsaturated/α-hetero) is 1. The fourth-order valence-electron chi connectivity index (χ4n) is 5.90. The van der Waals surface area contributed by atoms with Crippen molar-refractivity contribution in [2.45, 2.75) is 19.3 Å². The summed E-state index contributed by atoms with van der Waals surface area (Å²) < 4.78 is 5.86. The van der Waals surface area contributed by atoms with Crippen molar-refractivity contribution in [2.75, 3.05) is 4.90 Å². The van der Waals surface area contributed by atoms with Gasteiger partial charge in [0.05, 0.1) is 16.9 Å². The van der Waals surface area contributed by atoms with Gasteiger partial charge in [0.25, 0.3) is 0 Å². The van der Waals surface area contributed by atoms with E-state index in [1.165, 1.54) is 27.9 Å². The Kier molecular flexibility index (Phi) is 5.01. The molecule has 0 spiro atoms. The third-order valence-corrected chi connectivity index (χ3v) is 7.88. The molecule has 4 heteroatoms. The van der Waals surface area contributed by atoms with Crippen molar-refractivity contribution < 1.29 is 9.53 Å². The van der Waals surface area contributed by atoms with Crippen LogP contribution in [-0.4, -0.2) is 5.78 Å². The minimum atomic E-state index is -0.206. The number of ether oxygens (including phenoxy) is 1. The second-order valence-electron chi connectivity index (χ2n) is 10.3. The highest BCUT2D eigenvalue weighted by molar-refractivity contribution is 6.31. The van der Waals surface area contributed by atoms with Crippen LogP contribution in [0, 0.1) is 0 Å². The molecule has 0 atom stereocenters. The number of benzene rings is 5. The van der Waals surface area contributed by atoms with Crippen LogP contribution in [0.5, 0.6) is 5.75 Å². The number of para-hydroxylation sites is 2. The lowest BCUT2D eigenvalue weighted by Gasteiger charge is -2.42. The molecule has 0 saturated heterocycles. The quantitative estimate of drug-likeness (QED) is 0.220. The Morgan fingerprint density at radius 2 is 1.61 bits per heavy atom. The van der Waals surface area contributed by atoms with Crippen LogP contribution >= 0.6 is 11.6 Å². The Balaban J connectivity index is 1.38. The molecule has 5 aromatic rings. The van der Waals surface area contributed by atoms with Crippen LogP contribution in [0.15, 0.2) is 109 Å². The van der Waals surface area contributed by atoms with Crippen LogP contribution in [0.4, 0.5) is 17.1 Å². The molecular formula is C34H24ClNO2. The molecule has 0 N–H and O–H groups in total. The monoisotopic (exact) mass is 513 g/mol. The van der Waals surface area contributed by atoms with E-state index in [-0.39, 0.29) is 11.2 Å². The highest BCUT2D eigenvalue weighted by Crippen LogP contribution is 2.53. The molecule has 0 bridgehead atoms. The highest BCUT2D eigenvalue weighted by atomic mass is 35.5. The van der Waals surface area contributed by atoms with Crippen molar-refractivity contribution in [1.29, 1.82) is 0 Å². The number of allylic oxidation sites excluding steroid dienone is 1. The predicted octanol–water partition coefficient (Wildman–Crippen LogP) is 9.22. The molecule has 0 aliphatic carbocycles. The van der Waals surface area contributed by atoms with Gasteiger partial charge in [0.15, 0.2) is 5.76 Å². The lowest BCUT2D eigenvalue weighted by molar-refractivity contribution is 0.101. The largest absolute Gasteiger partial charge is 0.452 e. The van der Waals surface area contributed by atoms with Gasteiger partial charge in [-0.1, -0.05) is 80.0 Å². The van der Waals surface area contributed by atoms with Crippen LogP contribution in [-0.2, 0) is 5.41 Å². The summed E-state index contributed by atoms with van der Waals surface area (Å²) in [5.41, 5.74) is 7.29. The number of carbonyl (C=O) groups excluding carboxylic acids is 1. The van der Waals surface area contributed by atoms with Gasteiger partial charge in [0.2, 0.25) is 5.78 Å². The third kappa shape index (κ3) is 3.39. The first-order valence-corrected chi connectivity index (χ1v) is 13.1. The number of ketones is 1. The van der Waals surface area contributed by atoms with Crippen LogP contribution in [0.3, 0.4) is 0 Å². The molecule has 0 aromatic heterocycles. The van der Waals surface area contributed by atoms with Gasteiger partial charge in [-0.2, -0.15) is 0 Å². The summed E-state index contributed by atoms with van der Waals surface area (Å²) in [7, 11) is 0. The number of fused-ring (bicyclic) bond motifs is 5. The number of rotatable bonds is 2. The smallest absolute Gasteiger partial charge is 0.232 e. The summed E-state index contributed by atoms with van der Waals surface area (Å²) in [6.45, 7) is 4.60. The summed E-state index contributed by atoms with van der Waals surface area (Å²) in [4.78, 5) is 15.3. The summed E-state index contributed by atoms with van der Waals surface area (Å²) in [5, 5.41) is 2.83. The van der Waals surface area contributed by atoms with Gasteiger partial charge in [-0.3, -0.25) is 4.79 Å². The molecule has 184 valence electrons. The first kappa shape index (κ1) is 22.8. The molecule has 38 heavy (non-hydrogen) atoms. The fourth-order valence-corrected chi connectivity index (χ4v) is 6.07. The zero-order valence-electron chi connectivity index (χ0n) is 21.0. The lowest BCUT2D eigenvalue weighted by atomic mass is 9.71. The van der Waals surface area contributed by atoms with Crippen molar-refractivity contribution in [1.82, 2.24) is 0 Å². The molecule has 0 amide bonds. The van der Waals surface area contributed by atoms with E-state index in [4.69, 9.17) is 16.3 Å². The van der Waals surface area contributed by atoms with E-state index in [0.717, 1.165) is 16.6 Å². The Morgan fingerprint density at radius 1 is 0.816 bits per heavy atom. The number of nitrogens with zero attached hydrogens (tertiary/aromatic N) is 1. The topological polar surface area (TPSA) is 29.5 Å². The van der Waals surface area contributed by atoms with E-state index < -0.39 is 0 Å².